The van der Waals surface area contributed by atoms with Crippen molar-refractivity contribution in [2.75, 3.05) is 13.2 Å². The molecule has 1 aromatic carbocycles. The number of nitrogens with one attached hydrogen (secondary N) is 1. The lowest BCUT2D eigenvalue weighted by molar-refractivity contribution is 0.0526. The molecule has 2 bridgehead atoms. The Morgan fingerprint density at radius 2 is 2.03 bits per heavy atom. The van der Waals surface area contributed by atoms with Gasteiger partial charge in [0.25, 0.3) is 0 Å². The molecule has 4 rings (SSSR count). The van der Waals surface area contributed by atoms with Gasteiger partial charge in [-0.2, -0.15) is 0 Å². The van der Waals surface area contributed by atoms with Crippen molar-refractivity contribution in [2.24, 2.45) is 10.8 Å². The number of likely N-dealkylation sites (tertiary alicyclic amines) is 1. The van der Waals surface area contributed by atoms with Gasteiger partial charge in [0.1, 0.15) is 0 Å². The SMILES string of the molecule is CCOC(=O)c1ccc2[nH]c(C)c(CN3C[C@@]4(C)C[C@H]3CC(C)(C)C4)c(=O)c2c1. The number of carbonyl (C=O) groups is 1. The summed E-state index contributed by atoms with van der Waals surface area (Å²) in [7, 11) is 0. The van der Waals surface area contributed by atoms with Crippen LogP contribution in [0.25, 0.3) is 10.9 Å². The molecule has 2 atom stereocenters. The van der Waals surface area contributed by atoms with Crippen LogP contribution in [0, 0.1) is 17.8 Å². The van der Waals surface area contributed by atoms with Crippen molar-refractivity contribution in [2.45, 2.75) is 66.5 Å². The average molecular weight is 397 g/mol. The second-order valence-corrected chi connectivity index (χ2v) is 10.2. The summed E-state index contributed by atoms with van der Waals surface area (Å²) >= 11 is 0. The second kappa shape index (κ2) is 6.98. The summed E-state index contributed by atoms with van der Waals surface area (Å²) in [6.45, 7) is 12.9. The van der Waals surface area contributed by atoms with E-state index in [0.717, 1.165) is 23.3 Å². The molecule has 5 nitrogen and oxygen atoms in total. The van der Waals surface area contributed by atoms with E-state index in [4.69, 9.17) is 4.74 Å². The van der Waals surface area contributed by atoms with Gasteiger partial charge in [-0.25, -0.2) is 4.79 Å². The Bertz CT molecular complexity index is 1020. The summed E-state index contributed by atoms with van der Waals surface area (Å²) < 4.78 is 5.10. The van der Waals surface area contributed by atoms with Crippen LogP contribution in [0.1, 0.15) is 68.6 Å². The van der Waals surface area contributed by atoms with Gasteiger partial charge in [-0.05, 0) is 62.1 Å². The van der Waals surface area contributed by atoms with Crippen LogP contribution in [0.5, 0.6) is 0 Å². The van der Waals surface area contributed by atoms with Gasteiger partial charge in [-0.1, -0.05) is 20.8 Å². The number of H-pyrrole nitrogens is 1. The number of nitrogens with zero attached hydrogens (tertiary/aromatic N) is 1. The Morgan fingerprint density at radius 3 is 2.76 bits per heavy atom. The maximum absolute atomic E-state index is 13.4. The summed E-state index contributed by atoms with van der Waals surface area (Å²) in [6.07, 6.45) is 3.64. The quantitative estimate of drug-likeness (QED) is 0.778. The molecule has 29 heavy (non-hydrogen) atoms. The fraction of sp³-hybridized carbons (Fsp3) is 0.583. The van der Waals surface area contributed by atoms with Crippen LogP contribution in [-0.4, -0.2) is 35.0 Å². The third-order valence-corrected chi connectivity index (χ3v) is 6.71. The maximum Gasteiger partial charge on any atom is 0.338 e. The Balaban J connectivity index is 1.69. The van der Waals surface area contributed by atoms with E-state index < -0.39 is 0 Å². The fourth-order valence-electron chi connectivity index (χ4n) is 5.95. The van der Waals surface area contributed by atoms with E-state index in [0.29, 0.717) is 41.0 Å². The molecule has 1 N–H and O–H groups in total. The van der Waals surface area contributed by atoms with Gasteiger partial charge in [0.05, 0.1) is 12.2 Å². The van der Waals surface area contributed by atoms with E-state index in [2.05, 4.69) is 30.7 Å². The smallest absolute Gasteiger partial charge is 0.338 e. The van der Waals surface area contributed by atoms with Gasteiger partial charge in [0.15, 0.2) is 5.43 Å². The molecule has 0 spiro atoms. The number of aromatic nitrogens is 1. The maximum atomic E-state index is 13.4. The Kier molecular flexibility index (Phi) is 4.85. The molecule has 1 saturated carbocycles. The minimum absolute atomic E-state index is 0.0215. The molecule has 0 amide bonds. The van der Waals surface area contributed by atoms with Gasteiger partial charge in [-0.3, -0.25) is 9.69 Å². The normalized spacial score (nSPS) is 26.0. The van der Waals surface area contributed by atoms with Crippen LogP contribution in [-0.2, 0) is 11.3 Å². The Hall–Kier alpha value is -2.14. The highest BCUT2D eigenvalue weighted by atomic mass is 16.5. The van der Waals surface area contributed by atoms with E-state index in [1.165, 1.54) is 19.3 Å². The highest BCUT2D eigenvalue weighted by Crippen LogP contribution is 2.52. The molecular formula is C24H32N2O3. The third-order valence-electron chi connectivity index (χ3n) is 6.71. The topological polar surface area (TPSA) is 62.4 Å². The lowest BCUT2D eigenvalue weighted by atomic mass is 9.65. The molecule has 1 aliphatic heterocycles. The number of fused-ring (bicyclic) bond motifs is 3. The van der Waals surface area contributed by atoms with Crippen molar-refractivity contribution in [3.8, 4) is 0 Å². The number of hydrogen-bond donors (Lipinski definition) is 1. The van der Waals surface area contributed by atoms with Gasteiger partial charge in [-0.15, -0.1) is 0 Å². The highest BCUT2D eigenvalue weighted by Gasteiger charge is 2.49. The van der Waals surface area contributed by atoms with Crippen molar-refractivity contribution in [1.29, 1.82) is 0 Å². The molecule has 1 saturated heterocycles. The Labute approximate surface area is 172 Å². The predicted molar refractivity (Wildman–Crippen MR) is 115 cm³/mol. The number of esters is 1. The fourth-order valence-corrected chi connectivity index (χ4v) is 5.95. The van der Waals surface area contributed by atoms with E-state index in [1.54, 1.807) is 25.1 Å². The molecule has 2 aromatic rings. The van der Waals surface area contributed by atoms with E-state index in [1.807, 2.05) is 6.92 Å². The molecule has 2 aliphatic rings. The summed E-state index contributed by atoms with van der Waals surface area (Å²) in [5, 5.41) is 0.560. The number of benzene rings is 1. The molecule has 0 radical (unpaired) electrons. The first-order valence-electron chi connectivity index (χ1n) is 10.7. The van der Waals surface area contributed by atoms with Crippen LogP contribution in [0.4, 0.5) is 0 Å². The third kappa shape index (κ3) is 3.73. The van der Waals surface area contributed by atoms with E-state index >= 15 is 0 Å². The number of ether oxygens (including phenoxy) is 1. The summed E-state index contributed by atoms with van der Waals surface area (Å²) in [4.78, 5) is 31.4. The van der Waals surface area contributed by atoms with Crippen LogP contribution >= 0.6 is 0 Å². The van der Waals surface area contributed by atoms with Crippen molar-refractivity contribution >= 4 is 16.9 Å². The van der Waals surface area contributed by atoms with Crippen molar-refractivity contribution in [3.05, 3.63) is 45.2 Å². The first-order chi connectivity index (χ1) is 13.6. The van der Waals surface area contributed by atoms with E-state index in [9.17, 15) is 9.59 Å². The minimum Gasteiger partial charge on any atom is -0.462 e. The average Bonchev–Trinajstić information content (AvgIpc) is 2.86. The highest BCUT2D eigenvalue weighted by molar-refractivity contribution is 5.94. The number of pyridine rings is 1. The van der Waals surface area contributed by atoms with Crippen molar-refractivity contribution in [3.63, 3.8) is 0 Å². The van der Waals surface area contributed by atoms with Gasteiger partial charge >= 0.3 is 5.97 Å². The molecule has 156 valence electrons. The molecule has 2 fully saturated rings. The summed E-state index contributed by atoms with van der Waals surface area (Å²) in [5.41, 5.74) is 3.62. The largest absolute Gasteiger partial charge is 0.462 e. The molecule has 5 heteroatoms. The van der Waals surface area contributed by atoms with Gasteiger partial charge < -0.3 is 9.72 Å². The van der Waals surface area contributed by atoms with Gasteiger partial charge in [0.2, 0.25) is 0 Å². The number of aryl methyl sites for hydroxylation is 1. The predicted octanol–water partition coefficient (Wildman–Crippen LogP) is 4.41. The molecule has 0 unspecified atom stereocenters. The molecular weight excluding hydrogens is 364 g/mol. The number of carbonyl (C=O) groups excluding carboxylic acids is 1. The zero-order chi connectivity index (χ0) is 21.0. The number of hydrogen-bond acceptors (Lipinski definition) is 4. The lowest BCUT2D eigenvalue weighted by Gasteiger charge is -2.40. The first-order valence-corrected chi connectivity index (χ1v) is 10.7. The lowest BCUT2D eigenvalue weighted by Crippen LogP contribution is -2.35. The number of aromatic amines is 1. The Morgan fingerprint density at radius 1 is 1.28 bits per heavy atom. The summed E-state index contributed by atoms with van der Waals surface area (Å²) in [6, 6.07) is 5.71. The van der Waals surface area contributed by atoms with Crippen LogP contribution in [0.15, 0.2) is 23.0 Å². The van der Waals surface area contributed by atoms with Gasteiger partial charge in [0, 0.05) is 41.3 Å². The van der Waals surface area contributed by atoms with Crippen LogP contribution in [0.3, 0.4) is 0 Å². The van der Waals surface area contributed by atoms with E-state index in [-0.39, 0.29) is 11.4 Å². The van der Waals surface area contributed by atoms with Crippen molar-refractivity contribution < 1.29 is 9.53 Å². The zero-order valence-corrected chi connectivity index (χ0v) is 18.2. The number of rotatable bonds is 4. The zero-order valence-electron chi connectivity index (χ0n) is 18.2. The van der Waals surface area contributed by atoms with Crippen LogP contribution < -0.4 is 5.43 Å². The molecule has 1 aromatic heterocycles. The standard InChI is InChI=1S/C24H32N2O3/c1-6-29-22(28)16-7-8-20-18(9-16)21(27)19(15(2)25-20)12-26-14-24(5)11-17(26)10-23(3,4)13-24/h7-9,17H,6,10-14H2,1-5H3,(H,25,27)/t17-,24+/m1/s1. The molecule has 1 aliphatic carbocycles. The molecule has 2 heterocycles. The minimum atomic E-state index is -0.389. The second-order valence-electron chi connectivity index (χ2n) is 10.2. The van der Waals surface area contributed by atoms with Crippen LogP contribution in [0.2, 0.25) is 0 Å². The van der Waals surface area contributed by atoms with Crippen molar-refractivity contribution in [1.82, 2.24) is 9.88 Å². The summed E-state index contributed by atoms with van der Waals surface area (Å²) in [5.74, 6) is -0.389. The monoisotopic (exact) mass is 396 g/mol. The first kappa shape index (κ1) is 20.1.